The first-order valence-electron chi connectivity index (χ1n) is 0.707. The van der Waals surface area contributed by atoms with Crippen molar-refractivity contribution in [2.75, 3.05) is 0 Å². The average Bonchev–Trinajstić information content (AvgIpc) is 0.811. The Balaban J connectivity index is -0.00000000300. The summed E-state index contributed by atoms with van der Waals surface area (Å²) in [4.78, 5) is 0. The van der Waals surface area contributed by atoms with E-state index in [9.17, 15) is 0 Å². The summed E-state index contributed by atoms with van der Waals surface area (Å²) in [5, 5.41) is 25.2. The maximum absolute atomic E-state index is 8.42. The predicted octanol–water partition coefficient (Wildman–Crippen LogP) is -14.9. The van der Waals surface area contributed by atoms with E-state index < -0.39 is 7.32 Å². The summed E-state index contributed by atoms with van der Waals surface area (Å²) >= 11 is 0. The Morgan fingerprint density at radius 3 is 0.600 bits per heavy atom. The van der Waals surface area contributed by atoms with E-state index in [-0.39, 0.29) is 263 Å². The van der Waals surface area contributed by atoms with Crippen molar-refractivity contribution in [2.45, 2.75) is 0 Å². The van der Waals surface area contributed by atoms with Gasteiger partial charge in [0.1, 0.15) is 0 Å². The minimum atomic E-state index is -2.92. The Morgan fingerprint density at radius 1 is 0.600 bits per heavy atom. The fourth-order valence-electron chi connectivity index (χ4n) is 0. The van der Waals surface area contributed by atoms with Gasteiger partial charge in [0.25, 0.3) is 0 Å². The summed E-state index contributed by atoms with van der Waals surface area (Å²) in [5.74, 6) is 0. The van der Waals surface area contributed by atoms with E-state index in [1.165, 1.54) is 0 Å². The standard InChI is InChI=1S/BO3.3Cs.3Li.3H/c2-1(3)4;;;;;;;;;/q-3;;;;3*+1;;;. The van der Waals surface area contributed by atoms with E-state index >= 15 is 0 Å². The van der Waals surface area contributed by atoms with E-state index in [0.29, 0.717) is 0 Å². The SMILES string of the molecule is [CsH].[CsH].[CsH].[Li+].[Li+].[Li+].[O-]B([O-])[O-]. The van der Waals surface area contributed by atoms with Gasteiger partial charge in [-0.2, -0.15) is 0 Å². The minimum absolute atomic E-state index is 0. The van der Waals surface area contributed by atoms with Crippen LogP contribution < -0.4 is 71.7 Å². The molecule has 0 saturated heterocycles. The molecular weight excluding hydrogens is 478 g/mol. The van der Waals surface area contributed by atoms with Crippen LogP contribution in [0.2, 0.25) is 0 Å². The van der Waals surface area contributed by atoms with E-state index in [1.54, 1.807) is 0 Å². The van der Waals surface area contributed by atoms with Gasteiger partial charge in [-0.1, -0.05) is 0 Å². The quantitative estimate of drug-likeness (QED) is 0.323. The predicted molar refractivity (Wildman–Crippen MR) is 27.2 cm³/mol. The molecule has 3 nitrogen and oxygen atoms in total. The molecule has 0 fully saturated rings. The first-order chi connectivity index (χ1) is 1.73. The van der Waals surface area contributed by atoms with E-state index in [4.69, 9.17) is 15.1 Å². The molecule has 0 N–H and O–H groups in total. The second-order valence-corrected chi connectivity index (χ2v) is 0.289. The number of hydrogen-bond donors (Lipinski definition) is 0. The Hall–Kier alpha value is 7.89. The molecule has 0 bridgehead atoms. The Bertz CT molecular complexity index is 23.7. The van der Waals surface area contributed by atoms with Crippen molar-refractivity contribution in [2.24, 2.45) is 0 Å². The molecule has 0 aliphatic heterocycles. The Labute approximate surface area is 274 Å². The summed E-state index contributed by atoms with van der Waals surface area (Å²) in [5.41, 5.74) is 0. The molecule has 30 valence electrons. The largest absolute Gasteiger partial charge is 1.00 e. The van der Waals surface area contributed by atoms with Crippen LogP contribution in [0.3, 0.4) is 0 Å². The zero-order chi connectivity index (χ0) is 3.58. The fourth-order valence-corrected chi connectivity index (χ4v) is 0. The molecule has 10 heteroatoms. The molecule has 0 amide bonds. The van der Waals surface area contributed by atoms with Crippen molar-refractivity contribution in [1.29, 1.82) is 0 Å². The van der Waals surface area contributed by atoms with Crippen LogP contribution in [0, 0.1) is 0 Å². The summed E-state index contributed by atoms with van der Waals surface area (Å²) in [6, 6.07) is 0. The van der Waals surface area contributed by atoms with Gasteiger partial charge in [-0.05, 0) is 0 Å². The molecule has 0 aromatic carbocycles. The van der Waals surface area contributed by atoms with Crippen molar-refractivity contribution in [3.05, 3.63) is 0 Å². The minimum Gasteiger partial charge on any atom is -0.907 e. The molecule has 0 aliphatic rings. The van der Waals surface area contributed by atoms with E-state index in [2.05, 4.69) is 0 Å². The van der Waals surface area contributed by atoms with Crippen LogP contribution in [0.4, 0.5) is 0 Å². The molecule has 0 spiro atoms. The first-order valence-corrected chi connectivity index (χ1v) is 0.707. The van der Waals surface area contributed by atoms with Gasteiger partial charge >= 0.3 is 263 Å². The van der Waals surface area contributed by atoms with Crippen LogP contribution in [-0.2, 0) is 0 Å². The second kappa shape index (κ2) is 36.0. The van der Waals surface area contributed by atoms with Gasteiger partial charge in [0.15, 0.2) is 0 Å². The van der Waals surface area contributed by atoms with Gasteiger partial charge in [-0.25, -0.2) is 0 Å². The van der Waals surface area contributed by atoms with Crippen LogP contribution in [-0.4, -0.2) is 214 Å². The monoisotopic (exact) mass is 482 g/mol. The molecule has 0 aromatic rings. The van der Waals surface area contributed by atoms with Crippen molar-refractivity contribution < 1.29 is 71.7 Å². The summed E-state index contributed by atoms with van der Waals surface area (Å²) in [7, 11) is -2.92. The molecule has 10 heavy (non-hydrogen) atoms. The van der Waals surface area contributed by atoms with Crippen LogP contribution in [0.1, 0.15) is 0 Å². The fraction of sp³-hybridized carbons (Fsp3) is 0. The third kappa shape index (κ3) is 56.6. The van der Waals surface area contributed by atoms with Crippen molar-refractivity contribution in [3.8, 4) is 0 Å². The van der Waals surface area contributed by atoms with E-state index in [0.717, 1.165) is 0 Å². The summed E-state index contributed by atoms with van der Waals surface area (Å²) in [6.07, 6.45) is 0. The van der Waals surface area contributed by atoms with Gasteiger partial charge in [0.2, 0.25) is 0 Å². The van der Waals surface area contributed by atoms with Crippen molar-refractivity contribution in [3.63, 3.8) is 0 Å². The van der Waals surface area contributed by atoms with Crippen LogP contribution in [0.25, 0.3) is 0 Å². The number of rotatable bonds is 0. The van der Waals surface area contributed by atoms with Gasteiger partial charge < -0.3 is 15.1 Å². The van der Waals surface area contributed by atoms with Crippen molar-refractivity contribution in [1.82, 2.24) is 0 Å². The van der Waals surface area contributed by atoms with E-state index in [1.807, 2.05) is 0 Å². The maximum Gasteiger partial charge on any atom is 1.00 e. The molecule has 0 heterocycles. The average molecular weight is 481 g/mol. The summed E-state index contributed by atoms with van der Waals surface area (Å²) < 4.78 is 0. The Morgan fingerprint density at radius 2 is 0.600 bits per heavy atom. The Kier molecular flexibility index (Phi) is 155. The topological polar surface area (TPSA) is 69.2 Å². The van der Waals surface area contributed by atoms with Gasteiger partial charge in [0.05, 0.1) is 0 Å². The van der Waals surface area contributed by atoms with Gasteiger partial charge in [0, 0.05) is 0 Å². The number of hydrogen-bond acceptors (Lipinski definition) is 3. The van der Waals surface area contributed by atoms with Crippen LogP contribution >= 0.6 is 0 Å². The maximum atomic E-state index is 8.42. The van der Waals surface area contributed by atoms with Crippen molar-refractivity contribution >= 4 is 214 Å². The third-order valence-corrected chi connectivity index (χ3v) is 0. The molecule has 0 saturated carbocycles. The first kappa shape index (κ1) is 43.0. The molecule has 0 atom stereocenters. The smallest absolute Gasteiger partial charge is 0.907 e. The molecular formula is H3BCs3Li3O3. The molecule has 0 aliphatic carbocycles. The van der Waals surface area contributed by atoms with Crippen LogP contribution in [0.5, 0.6) is 0 Å². The van der Waals surface area contributed by atoms with Gasteiger partial charge in [-0.3, -0.25) is 7.32 Å². The zero-order valence-corrected chi connectivity index (χ0v) is 4.80. The van der Waals surface area contributed by atoms with Gasteiger partial charge in [-0.15, -0.1) is 0 Å². The molecule has 0 aromatic heterocycles. The normalized spacial score (nSPS) is 2.70. The third-order valence-electron chi connectivity index (χ3n) is 0. The molecule has 0 unspecified atom stereocenters. The molecule has 0 rings (SSSR count). The van der Waals surface area contributed by atoms with Crippen LogP contribution in [0.15, 0.2) is 0 Å². The molecule has 0 radical (unpaired) electrons. The second-order valence-electron chi connectivity index (χ2n) is 0.289. The zero-order valence-electron chi connectivity index (χ0n) is 4.80. The summed E-state index contributed by atoms with van der Waals surface area (Å²) in [6.45, 7) is 0.